The minimum absolute atomic E-state index is 0.217. The van der Waals surface area contributed by atoms with Crippen LogP contribution in [-0.2, 0) is 0 Å². The number of carbonyl (C=O) groups is 2. The van der Waals surface area contributed by atoms with Crippen LogP contribution in [0.2, 0.25) is 0 Å². The van der Waals surface area contributed by atoms with Gasteiger partial charge in [-0.2, -0.15) is 0 Å². The highest BCUT2D eigenvalue weighted by molar-refractivity contribution is 6.07. The highest BCUT2D eigenvalue weighted by Crippen LogP contribution is 2.16. The summed E-state index contributed by atoms with van der Waals surface area (Å²) < 4.78 is 0. The maximum Gasteiger partial charge on any atom is 0.255 e. The van der Waals surface area contributed by atoms with Gasteiger partial charge in [-0.15, -0.1) is 0 Å². The van der Waals surface area contributed by atoms with Gasteiger partial charge in [0.2, 0.25) is 0 Å². The average molecular weight is 453 g/mol. The Bertz CT molecular complexity index is 1280. The van der Waals surface area contributed by atoms with Gasteiger partial charge >= 0.3 is 0 Å². The lowest BCUT2D eigenvalue weighted by atomic mass is 10.1. The fourth-order valence-electron chi connectivity index (χ4n) is 3.82. The fourth-order valence-corrected chi connectivity index (χ4v) is 3.82. The van der Waals surface area contributed by atoms with Gasteiger partial charge in [0.25, 0.3) is 11.8 Å². The fraction of sp³-hybridized carbons (Fsp3) is 0.154. The van der Waals surface area contributed by atoms with E-state index in [1.165, 1.54) is 0 Å². The molecule has 8 heteroatoms. The van der Waals surface area contributed by atoms with E-state index < -0.39 is 0 Å². The minimum Gasteiger partial charge on any atom is -0.368 e. The lowest BCUT2D eigenvalue weighted by Crippen LogP contribution is -2.20. The molecule has 0 saturated heterocycles. The van der Waals surface area contributed by atoms with Gasteiger partial charge in [0, 0.05) is 46.7 Å². The van der Waals surface area contributed by atoms with Gasteiger partial charge in [-0.1, -0.05) is 24.3 Å². The quantitative estimate of drug-likeness (QED) is 0.461. The molecule has 2 heterocycles. The first-order valence-electron chi connectivity index (χ1n) is 11.2. The molecule has 0 aliphatic carbocycles. The van der Waals surface area contributed by atoms with Crippen LogP contribution in [0.3, 0.4) is 0 Å². The topological polar surface area (TPSA) is 107 Å². The largest absolute Gasteiger partial charge is 0.368 e. The number of hydrogen-bond acceptors (Lipinski definition) is 6. The van der Waals surface area contributed by atoms with E-state index in [1.54, 1.807) is 36.4 Å². The first kappa shape index (κ1) is 21.4. The first-order valence-corrected chi connectivity index (χ1v) is 11.2. The lowest BCUT2D eigenvalue weighted by molar-refractivity contribution is 0.102. The zero-order valence-corrected chi connectivity index (χ0v) is 18.5. The molecule has 0 atom stereocenters. The zero-order valence-electron chi connectivity index (χ0n) is 18.5. The van der Waals surface area contributed by atoms with Crippen LogP contribution >= 0.6 is 0 Å². The SMILES string of the molecule is O=C(Nc1ccc(C(=O)Nc2cccc(C3=NCCN3)c2)cc1)c1ccc(C2=NCCN2)cc1. The second kappa shape index (κ2) is 9.58. The molecular weight excluding hydrogens is 428 g/mol. The van der Waals surface area contributed by atoms with Crippen molar-refractivity contribution in [2.75, 3.05) is 36.8 Å². The van der Waals surface area contributed by atoms with E-state index >= 15 is 0 Å². The van der Waals surface area contributed by atoms with Gasteiger partial charge < -0.3 is 21.3 Å². The van der Waals surface area contributed by atoms with Crippen LogP contribution in [0, 0.1) is 0 Å². The van der Waals surface area contributed by atoms with Crippen LogP contribution in [0.5, 0.6) is 0 Å². The summed E-state index contributed by atoms with van der Waals surface area (Å²) in [5.74, 6) is 1.26. The molecule has 8 nitrogen and oxygen atoms in total. The van der Waals surface area contributed by atoms with Gasteiger partial charge in [0.05, 0.1) is 13.1 Å². The summed E-state index contributed by atoms with van der Waals surface area (Å²) in [7, 11) is 0. The highest BCUT2D eigenvalue weighted by Gasteiger charge is 2.12. The van der Waals surface area contributed by atoms with Gasteiger partial charge in [0.1, 0.15) is 11.7 Å². The number of rotatable bonds is 6. The maximum absolute atomic E-state index is 12.7. The van der Waals surface area contributed by atoms with E-state index in [2.05, 4.69) is 31.3 Å². The Morgan fingerprint density at radius 2 is 1.21 bits per heavy atom. The molecule has 0 fully saturated rings. The second-order valence-electron chi connectivity index (χ2n) is 7.96. The molecule has 2 aliphatic heterocycles. The number of benzene rings is 3. The van der Waals surface area contributed by atoms with Gasteiger partial charge in [-0.05, 0) is 48.5 Å². The molecule has 0 bridgehead atoms. The smallest absolute Gasteiger partial charge is 0.255 e. The van der Waals surface area contributed by atoms with Crippen LogP contribution in [0.15, 0.2) is 82.8 Å². The molecule has 3 aromatic rings. The highest BCUT2D eigenvalue weighted by atomic mass is 16.2. The normalized spacial score (nSPS) is 14.5. The molecule has 5 rings (SSSR count). The Kier molecular flexibility index (Phi) is 6.03. The Hall–Kier alpha value is -4.46. The molecule has 0 radical (unpaired) electrons. The van der Waals surface area contributed by atoms with Crippen LogP contribution in [0.4, 0.5) is 11.4 Å². The summed E-state index contributed by atoms with van der Waals surface area (Å²) in [5.41, 5.74) is 4.24. The van der Waals surface area contributed by atoms with Gasteiger partial charge in [0.15, 0.2) is 0 Å². The van der Waals surface area contributed by atoms with Crippen molar-refractivity contribution in [2.45, 2.75) is 0 Å². The number of nitrogens with zero attached hydrogens (tertiary/aromatic N) is 2. The third kappa shape index (κ3) is 4.80. The molecule has 0 saturated carbocycles. The second-order valence-corrected chi connectivity index (χ2v) is 7.96. The molecule has 0 spiro atoms. The Balaban J connectivity index is 1.20. The Labute approximate surface area is 197 Å². The Morgan fingerprint density at radius 1 is 0.647 bits per heavy atom. The maximum atomic E-state index is 12.7. The molecule has 0 unspecified atom stereocenters. The van der Waals surface area contributed by atoms with Crippen molar-refractivity contribution >= 4 is 34.9 Å². The molecule has 2 aliphatic rings. The van der Waals surface area contributed by atoms with Crippen molar-refractivity contribution in [1.82, 2.24) is 10.6 Å². The summed E-state index contributed by atoms with van der Waals surface area (Å²) in [6.07, 6.45) is 0. The number of hydrogen-bond donors (Lipinski definition) is 4. The summed E-state index contributed by atoms with van der Waals surface area (Å²) in [4.78, 5) is 34.1. The van der Waals surface area contributed by atoms with E-state index in [-0.39, 0.29) is 11.8 Å². The zero-order chi connectivity index (χ0) is 23.3. The van der Waals surface area contributed by atoms with Crippen molar-refractivity contribution < 1.29 is 9.59 Å². The molecule has 2 amide bonds. The summed E-state index contributed by atoms with van der Waals surface area (Å²) in [5, 5.41) is 12.2. The molecule has 170 valence electrons. The van der Waals surface area contributed by atoms with Gasteiger partial charge in [-0.25, -0.2) is 0 Å². The summed E-state index contributed by atoms with van der Waals surface area (Å²) >= 11 is 0. The number of amidine groups is 2. The number of amides is 2. The van der Waals surface area contributed by atoms with E-state index in [4.69, 9.17) is 0 Å². The Morgan fingerprint density at radius 3 is 1.79 bits per heavy atom. The number of nitrogens with one attached hydrogen (secondary N) is 4. The van der Waals surface area contributed by atoms with Crippen molar-refractivity contribution in [3.63, 3.8) is 0 Å². The van der Waals surface area contributed by atoms with E-state index in [0.29, 0.717) is 22.5 Å². The standard InChI is InChI=1S/C26H24N6O2/c33-25(18-6-4-17(5-7-18)23-27-12-13-28-23)31-21-10-8-19(9-11-21)26(34)32-22-3-1-2-20(16-22)24-29-14-15-30-24/h1-11,16H,12-15H2,(H,27,28)(H,29,30)(H,31,33)(H,32,34). The number of anilines is 2. The molecular formula is C26H24N6O2. The molecule has 0 aromatic heterocycles. The van der Waals surface area contributed by atoms with Crippen molar-refractivity contribution in [3.05, 3.63) is 95.1 Å². The van der Waals surface area contributed by atoms with Crippen molar-refractivity contribution in [1.29, 1.82) is 0 Å². The third-order valence-corrected chi connectivity index (χ3v) is 5.57. The first-order chi connectivity index (χ1) is 16.7. The minimum atomic E-state index is -0.227. The van der Waals surface area contributed by atoms with Crippen LogP contribution < -0.4 is 21.3 Å². The van der Waals surface area contributed by atoms with Crippen molar-refractivity contribution in [3.8, 4) is 0 Å². The van der Waals surface area contributed by atoms with Crippen molar-refractivity contribution in [2.24, 2.45) is 9.98 Å². The van der Waals surface area contributed by atoms with Crippen LogP contribution in [0.1, 0.15) is 31.8 Å². The summed E-state index contributed by atoms with van der Waals surface area (Å²) in [6.45, 7) is 3.19. The number of carbonyl (C=O) groups excluding carboxylic acids is 2. The average Bonchev–Trinajstić information content (AvgIpc) is 3.60. The van der Waals surface area contributed by atoms with Crippen LogP contribution in [0.25, 0.3) is 0 Å². The number of aliphatic imine (C=N–C) groups is 2. The van der Waals surface area contributed by atoms with E-state index in [0.717, 1.165) is 49.0 Å². The summed E-state index contributed by atoms with van der Waals surface area (Å²) in [6, 6.07) is 21.7. The lowest BCUT2D eigenvalue weighted by Gasteiger charge is -2.09. The molecule has 34 heavy (non-hydrogen) atoms. The van der Waals surface area contributed by atoms with E-state index in [9.17, 15) is 9.59 Å². The van der Waals surface area contributed by atoms with E-state index in [1.807, 2.05) is 36.4 Å². The third-order valence-electron chi connectivity index (χ3n) is 5.57. The van der Waals surface area contributed by atoms with Crippen LogP contribution in [-0.4, -0.2) is 49.7 Å². The predicted octanol–water partition coefficient (Wildman–Crippen LogP) is 2.89. The molecule has 3 aromatic carbocycles. The molecule has 4 N–H and O–H groups in total. The van der Waals surface area contributed by atoms with Gasteiger partial charge in [-0.3, -0.25) is 19.6 Å². The monoisotopic (exact) mass is 452 g/mol. The predicted molar refractivity (Wildman–Crippen MR) is 134 cm³/mol.